The summed E-state index contributed by atoms with van der Waals surface area (Å²) in [5, 5.41) is 0. The minimum absolute atomic E-state index is 0.0550. The third-order valence-electron chi connectivity index (χ3n) is 9.24. The number of sulfonamides is 1. The van der Waals surface area contributed by atoms with E-state index >= 15 is 0 Å². The highest BCUT2D eigenvalue weighted by Crippen LogP contribution is 2.39. The van der Waals surface area contributed by atoms with Gasteiger partial charge in [0.15, 0.2) is 11.5 Å². The molecule has 44 heavy (non-hydrogen) atoms. The van der Waals surface area contributed by atoms with Crippen LogP contribution in [-0.4, -0.2) is 64.7 Å². The van der Waals surface area contributed by atoms with Gasteiger partial charge in [-0.1, -0.05) is 24.3 Å². The predicted octanol–water partition coefficient (Wildman–Crippen LogP) is 4.54. The second-order valence-electron chi connectivity index (χ2n) is 12.0. The van der Waals surface area contributed by atoms with Crippen molar-refractivity contribution >= 4 is 32.7 Å². The number of imidazole rings is 1. The van der Waals surface area contributed by atoms with Gasteiger partial charge in [0, 0.05) is 54.9 Å². The van der Waals surface area contributed by atoms with E-state index in [2.05, 4.69) is 46.3 Å². The van der Waals surface area contributed by atoms with Gasteiger partial charge in [0.2, 0.25) is 10.0 Å². The molecule has 1 aliphatic carbocycles. The van der Waals surface area contributed by atoms with Gasteiger partial charge in [0.1, 0.15) is 11.3 Å². The van der Waals surface area contributed by atoms with Crippen molar-refractivity contribution in [1.82, 2.24) is 23.8 Å². The maximum absolute atomic E-state index is 12.1. The molecule has 0 spiro atoms. The summed E-state index contributed by atoms with van der Waals surface area (Å²) < 4.78 is 27.7. The van der Waals surface area contributed by atoms with E-state index in [-0.39, 0.29) is 11.6 Å². The number of hydrogen-bond donors (Lipinski definition) is 2. The van der Waals surface area contributed by atoms with Crippen LogP contribution >= 0.6 is 0 Å². The van der Waals surface area contributed by atoms with E-state index in [0.29, 0.717) is 23.8 Å². The zero-order valence-corrected chi connectivity index (χ0v) is 25.7. The fraction of sp³-hybridized carbons (Fsp3) is 0.303. The van der Waals surface area contributed by atoms with Crippen LogP contribution < -0.4 is 16.4 Å². The predicted molar refractivity (Wildman–Crippen MR) is 175 cm³/mol. The molecule has 0 bridgehead atoms. The summed E-state index contributed by atoms with van der Waals surface area (Å²) >= 11 is 0. The maximum Gasteiger partial charge on any atom is 0.211 e. The summed E-state index contributed by atoms with van der Waals surface area (Å²) in [5.41, 5.74) is 19.7. The second kappa shape index (κ2) is 10.7. The fourth-order valence-corrected chi connectivity index (χ4v) is 7.06. The van der Waals surface area contributed by atoms with Crippen molar-refractivity contribution in [3.8, 4) is 28.3 Å². The number of rotatable bonds is 7. The Balaban J connectivity index is 1.29. The number of nitrogens with two attached hydrogens (primary N) is 2. The van der Waals surface area contributed by atoms with Crippen LogP contribution in [-0.2, 0) is 15.6 Å². The normalized spacial score (nSPS) is 18.2. The molecule has 1 saturated carbocycles. The highest BCUT2D eigenvalue weighted by Gasteiger charge is 2.34. The minimum Gasteiger partial charge on any atom is -0.383 e. The van der Waals surface area contributed by atoms with Gasteiger partial charge >= 0.3 is 0 Å². The summed E-state index contributed by atoms with van der Waals surface area (Å²) in [6.45, 7) is 1.42. The van der Waals surface area contributed by atoms with Crippen molar-refractivity contribution in [2.45, 2.75) is 37.3 Å². The Morgan fingerprint density at radius 2 is 1.77 bits per heavy atom. The molecule has 0 unspecified atom stereocenters. The summed E-state index contributed by atoms with van der Waals surface area (Å²) in [6, 6.07) is 24.3. The van der Waals surface area contributed by atoms with Gasteiger partial charge in [-0.25, -0.2) is 27.7 Å². The Labute approximate surface area is 257 Å². The van der Waals surface area contributed by atoms with Gasteiger partial charge in [-0.15, -0.1) is 0 Å². The number of hydrogen-bond acceptors (Lipinski definition) is 8. The monoisotopic (exact) mass is 608 g/mol. The molecular weight excluding hydrogens is 572 g/mol. The Kier molecular flexibility index (Phi) is 6.91. The van der Waals surface area contributed by atoms with Gasteiger partial charge < -0.3 is 16.4 Å². The number of nitrogen functional groups attached to an aromatic ring is 1. The average Bonchev–Trinajstić information content (AvgIpc) is 3.65. The van der Waals surface area contributed by atoms with Crippen molar-refractivity contribution in [3.63, 3.8) is 0 Å². The first-order chi connectivity index (χ1) is 21.1. The van der Waals surface area contributed by atoms with E-state index in [9.17, 15) is 8.42 Å². The topological polar surface area (TPSA) is 136 Å². The molecule has 0 amide bonds. The third-order valence-corrected chi connectivity index (χ3v) is 10.6. The first-order valence-corrected chi connectivity index (χ1v) is 16.7. The molecule has 2 fully saturated rings. The molecule has 1 atom stereocenters. The lowest BCUT2D eigenvalue weighted by Gasteiger charge is -2.38. The average molecular weight is 609 g/mol. The molecule has 5 aromatic rings. The van der Waals surface area contributed by atoms with Crippen molar-refractivity contribution < 1.29 is 8.42 Å². The Morgan fingerprint density at radius 1 is 0.977 bits per heavy atom. The van der Waals surface area contributed by atoms with Gasteiger partial charge in [0.25, 0.3) is 0 Å². The van der Waals surface area contributed by atoms with Crippen molar-refractivity contribution in [2.24, 2.45) is 5.73 Å². The lowest BCUT2D eigenvalue weighted by atomic mass is 9.73. The van der Waals surface area contributed by atoms with E-state index < -0.39 is 10.0 Å². The smallest absolute Gasteiger partial charge is 0.211 e. The summed E-state index contributed by atoms with van der Waals surface area (Å²) in [4.78, 5) is 16.7. The number of fused-ring (bicyclic) bond motifs is 1. The number of aromatic nitrogens is 4. The Hall–Kier alpha value is -4.32. The number of likely N-dealkylation sites (N-methyl/N-ethyl adjacent to an activating group) is 1. The van der Waals surface area contributed by atoms with Crippen molar-refractivity contribution in [2.75, 3.05) is 37.0 Å². The molecule has 4 N–H and O–H groups in total. The van der Waals surface area contributed by atoms with Gasteiger partial charge in [-0.2, -0.15) is 0 Å². The Bertz CT molecular complexity index is 1970. The van der Waals surface area contributed by atoms with E-state index in [1.165, 1.54) is 10.6 Å². The largest absolute Gasteiger partial charge is 0.383 e. The lowest BCUT2D eigenvalue weighted by Crippen LogP contribution is -2.43. The van der Waals surface area contributed by atoms with E-state index in [1.807, 2.05) is 41.0 Å². The van der Waals surface area contributed by atoms with Crippen LogP contribution in [0.5, 0.6) is 0 Å². The molecule has 2 aliphatic rings. The SMILES string of the molecule is CN([C@@H]1CCN(c2cccc(-c3ccc4nc(-c5cccnc5N)n(-c5ccc(C6(N)CCC6)cc5)c4n3)c2)C1)S(C)(=O)=O. The molecule has 226 valence electrons. The second-order valence-corrected chi connectivity index (χ2v) is 14.1. The van der Waals surface area contributed by atoms with Gasteiger partial charge in [-0.3, -0.25) is 4.57 Å². The number of nitrogens with zero attached hydrogens (tertiary/aromatic N) is 6. The zero-order chi connectivity index (χ0) is 30.6. The standard InChI is InChI=1S/C33H36N8O2S/c1-39(44(2,42)43)26-15-19-40(21-26)25-7-3-6-22(20-25)28-13-14-29-32(37-28)41(31(38-29)27-8-4-18-36-30(27)34)24-11-9-23(10-12-24)33(35)16-5-17-33/h3-4,6-14,18,20,26H,5,15-17,19,21,35H2,1-2H3,(H2,34,36)/t26-/m1/s1. The number of benzene rings is 2. The van der Waals surface area contributed by atoms with Crippen LogP contribution in [0.2, 0.25) is 0 Å². The van der Waals surface area contributed by atoms with Crippen LogP contribution in [0.3, 0.4) is 0 Å². The molecule has 1 saturated heterocycles. The van der Waals surface area contributed by atoms with Gasteiger partial charge in [-0.05, 0) is 79.8 Å². The minimum atomic E-state index is -3.25. The first kappa shape index (κ1) is 28.5. The molecule has 10 nitrogen and oxygen atoms in total. The van der Waals surface area contributed by atoms with Crippen LogP contribution in [0.1, 0.15) is 31.2 Å². The van der Waals surface area contributed by atoms with E-state index in [1.54, 1.807) is 13.2 Å². The summed E-state index contributed by atoms with van der Waals surface area (Å²) in [7, 11) is -1.59. The molecule has 1 aliphatic heterocycles. The van der Waals surface area contributed by atoms with Crippen molar-refractivity contribution in [3.05, 3.63) is 84.6 Å². The number of anilines is 2. The van der Waals surface area contributed by atoms with Crippen LogP contribution in [0.15, 0.2) is 79.0 Å². The lowest BCUT2D eigenvalue weighted by molar-refractivity contribution is 0.253. The quantitative estimate of drug-likeness (QED) is 0.275. The first-order valence-electron chi connectivity index (χ1n) is 14.9. The van der Waals surface area contributed by atoms with Crippen LogP contribution in [0.25, 0.3) is 39.5 Å². The Morgan fingerprint density at radius 3 is 2.48 bits per heavy atom. The molecule has 7 rings (SSSR count). The maximum atomic E-state index is 12.1. The third kappa shape index (κ3) is 5.00. The van der Waals surface area contributed by atoms with Crippen LogP contribution in [0.4, 0.5) is 11.5 Å². The highest BCUT2D eigenvalue weighted by molar-refractivity contribution is 7.88. The molecular formula is C33H36N8O2S. The van der Waals surface area contributed by atoms with E-state index in [4.69, 9.17) is 21.4 Å². The molecule has 0 radical (unpaired) electrons. The highest BCUT2D eigenvalue weighted by atomic mass is 32.2. The van der Waals surface area contributed by atoms with Crippen LogP contribution in [0, 0.1) is 0 Å². The molecule has 4 heterocycles. The van der Waals surface area contributed by atoms with E-state index in [0.717, 1.165) is 71.5 Å². The van der Waals surface area contributed by atoms with Gasteiger partial charge in [0.05, 0.1) is 17.5 Å². The fourth-order valence-electron chi connectivity index (χ4n) is 6.34. The van der Waals surface area contributed by atoms with Crippen molar-refractivity contribution in [1.29, 1.82) is 0 Å². The summed E-state index contributed by atoms with van der Waals surface area (Å²) in [6.07, 6.45) is 6.85. The molecule has 2 aromatic carbocycles. The molecule has 11 heteroatoms. The molecule has 3 aromatic heterocycles. The summed E-state index contributed by atoms with van der Waals surface area (Å²) in [5.74, 6) is 1.07. The zero-order valence-electron chi connectivity index (χ0n) is 24.9. The number of pyridine rings is 2.